The summed E-state index contributed by atoms with van der Waals surface area (Å²) in [5.41, 5.74) is -0.260. The lowest BCUT2D eigenvalue weighted by atomic mass is 9.41. The first-order chi connectivity index (χ1) is 17.5. The van der Waals surface area contributed by atoms with Gasteiger partial charge in [-0.1, -0.05) is 34.6 Å². The van der Waals surface area contributed by atoms with Crippen LogP contribution in [0.15, 0.2) is 0 Å². The molecule has 1 saturated heterocycles. The van der Waals surface area contributed by atoms with Gasteiger partial charge in [-0.15, -0.1) is 0 Å². The molecule has 3 N–H and O–H groups in total. The molecule has 6 rings (SSSR count). The van der Waals surface area contributed by atoms with Crippen molar-refractivity contribution < 1.29 is 24.8 Å². The maximum atomic E-state index is 12.3. The van der Waals surface area contributed by atoms with Crippen LogP contribution in [0, 0.1) is 50.7 Å². The molecular formula is C33H56O5. The van der Waals surface area contributed by atoms with Gasteiger partial charge in [-0.05, 0) is 124 Å². The van der Waals surface area contributed by atoms with Crippen LogP contribution in [0.4, 0.5) is 0 Å². The normalized spacial score (nSPS) is 55.8. The summed E-state index contributed by atoms with van der Waals surface area (Å²) in [7, 11) is 0. The van der Waals surface area contributed by atoms with Crippen molar-refractivity contribution in [3.05, 3.63) is 0 Å². The maximum absolute atomic E-state index is 12.3. The Morgan fingerprint density at radius 3 is 2.21 bits per heavy atom. The zero-order valence-electron chi connectivity index (χ0n) is 25.6. The lowest BCUT2D eigenvalue weighted by Gasteiger charge is -2.63. The second-order valence-electron chi connectivity index (χ2n) is 16.8. The Kier molecular flexibility index (Phi) is 6.04. The molecule has 38 heavy (non-hydrogen) atoms. The highest BCUT2D eigenvalue weighted by Gasteiger charge is 2.84. The highest BCUT2D eigenvalue weighted by Crippen LogP contribution is 2.89. The third-order valence-electron chi connectivity index (χ3n) is 14.4. The average molecular weight is 533 g/mol. The second kappa shape index (κ2) is 8.21. The lowest BCUT2D eigenvalue weighted by Crippen LogP contribution is -2.59. The average Bonchev–Trinajstić information content (AvgIpc) is 3.45. The van der Waals surface area contributed by atoms with Crippen LogP contribution >= 0.6 is 0 Å². The van der Waals surface area contributed by atoms with Crippen molar-refractivity contribution in [2.75, 3.05) is 0 Å². The SMILES string of the molecule is CC(C)OC(C)(C)[C@H](O)C1C[C@@H](C)C2C(O1)[C@H](O)[C@@]1(C)[C@@H]3CC[C@H]4C(C)(C)C(O)CC[C@@]45CC35CC[C@]21C. The van der Waals surface area contributed by atoms with Crippen LogP contribution in [0.5, 0.6) is 0 Å². The summed E-state index contributed by atoms with van der Waals surface area (Å²) < 4.78 is 12.9. The fourth-order valence-corrected chi connectivity index (χ4v) is 12.7. The fourth-order valence-electron chi connectivity index (χ4n) is 12.7. The molecule has 218 valence electrons. The summed E-state index contributed by atoms with van der Waals surface area (Å²) in [6.45, 7) is 19.8. The van der Waals surface area contributed by atoms with Gasteiger partial charge in [-0.2, -0.15) is 0 Å². The minimum Gasteiger partial charge on any atom is -0.393 e. The first kappa shape index (κ1) is 27.9. The highest BCUT2D eigenvalue weighted by atomic mass is 16.5. The molecule has 5 nitrogen and oxygen atoms in total. The molecule has 0 amide bonds. The molecule has 0 aromatic heterocycles. The molecule has 5 heteroatoms. The zero-order chi connectivity index (χ0) is 27.8. The van der Waals surface area contributed by atoms with Gasteiger partial charge in [0.25, 0.3) is 0 Å². The lowest BCUT2D eigenvalue weighted by molar-refractivity contribution is -0.218. The molecule has 13 atom stereocenters. The van der Waals surface area contributed by atoms with E-state index in [2.05, 4.69) is 34.6 Å². The van der Waals surface area contributed by atoms with Crippen molar-refractivity contribution in [2.24, 2.45) is 50.7 Å². The molecule has 5 aliphatic carbocycles. The van der Waals surface area contributed by atoms with E-state index in [9.17, 15) is 15.3 Å². The van der Waals surface area contributed by atoms with Crippen molar-refractivity contribution >= 4 is 0 Å². The molecular weight excluding hydrogens is 476 g/mol. The number of fused-ring (bicyclic) bond motifs is 4. The van der Waals surface area contributed by atoms with E-state index in [0.29, 0.717) is 34.5 Å². The van der Waals surface area contributed by atoms with Crippen molar-refractivity contribution in [1.29, 1.82) is 0 Å². The molecule has 0 radical (unpaired) electrons. The molecule has 0 aromatic carbocycles. The number of aliphatic hydroxyl groups excluding tert-OH is 3. The monoisotopic (exact) mass is 532 g/mol. The summed E-state index contributed by atoms with van der Waals surface area (Å²) in [5.74, 6) is 1.75. The Morgan fingerprint density at radius 2 is 1.55 bits per heavy atom. The van der Waals surface area contributed by atoms with E-state index in [-0.39, 0.29) is 40.7 Å². The molecule has 6 aliphatic rings. The van der Waals surface area contributed by atoms with Crippen molar-refractivity contribution in [2.45, 2.75) is 156 Å². The van der Waals surface area contributed by atoms with Gasteiger partial charge in [0, 0.05) is 5.41 Å². The minimum atomic E-state index is -0.742. The molecule has 5 saturated carbocycles. The van der Waals surface area contributed by atoms with E-state index in [4.69, 9.17) is 9.47 Å². The Morgan fingerprint density at radius 1 is 0.921 bits per heavy atom. The molecule has 5 unspecified atom stereocenters. The predicted molar refractivity (Wildman–Crippen MR) is 148 cm³/mol. The number of hydrogen-bond acceptors (Lipinski definition) is 5. The fraction of sp³-hybridized carbons (Fsp3) is 1.00. The van der Waals surface area contributed by atoms with E-state index in [1.165, 1.54) is 19.3 Å². The topological polar surface area (TPSA) is 79.2 Å². The minimum absolute atomic E-state index is 0.0204. The maximum Gasteiger partial charge on any atom is 0.109 e. The molecule has 6 fully saturated rings. The first-order valence-corrected chi connectivity index (χ1v) is 15.9. The summed E-state index contributed by atoms with van der Waals surface area (Å²) in [6.07, 6.45) is 6.89. The number of rotatable bonds is 4. The van der Waals surface area contributed by atoms with E-state index in [1.54, 1.807) is 0 Å². The molecule has 0 bridgehead atoms. The van der Waals surface area contributed by atoms with E-state index >= 15 is 0 Å². The van der Waals surface area contributed by atoms with Crippen LogP contribution in [0.1, 0.15) is 114 Å². The van der Waals surface area contributed by atoms with Crippen molar-refractivity contribution in [3.63, 3.8) is 0 Å². The summed E-state index contributed by atoms with van der Waals surface area (Å²) in [5, 5.41) is 34.7. The van der Waals surface area contributed by atoms with Gasteiger partial charge in [0.15, 0.2) is 0 Å². The van der Waals surface area contributed by atoms with Crippen molar-refractivity contribution in [1.82, 2.24) is 0 Å². The molecule has 1 aliphatic heterocycles. The molecule has 1 heterocycles. The third kappa shape index (κ3) is 3.18. The van der Waals surface area contributed by atoms with Crippen LogP contribution in [-0.4, -0.2) is 57.5 Å². The van der Waals surface area contributed by atoms with Gasteiger partial charge >= 0.3 is 0 Å². The smallest absolute Gasteiger partial charge is 0.109 e. The van der Waals surface area contributed by atoms with Crippen LogP contribution in [-0.2, 0) is 9.47 Å². The molecule has 2 spiro atoms. The quantitative estimate of drug-likeness (QED) is 0.431. The number of aliphatic hydroxyl groups is 3. The largest absolute Gasteiger partial charge is 0.393 e. The Hall–Kier alpha value is -0.200. The molecule has 0 aromatic rings. The van der Waals surface area contributed by atoms with Crippen molar-refractivity contribution in [3.8, 4) is 0 Å². The van der Waals surface area contributed by atoms with E-state index < -0.39 is 17.8 Å². The van der Waals surface area contributed by atoms with Gasteiger partial charge in [0.1, 0.15) is 6.10 Å². The van der Waals surface area contributed by atoms with E-state index in [1.807, 2.05) is 27.7 Å². The first-order valence-electron chi connectivity index (χ1n) is 15.9. The van der Waals surface area contributed by atoms with E-state index in [0.717, 1.165) is 32.1 Å². The number of hydrogen-bond donors (Lipinski definition) is 3. The second-order valence-corrected chi connectivity index (χ2v) is 16.8. The van der Waals surface area contributed by atoms with Gasteiger partial charge in [-0.3, -0.25) is 0 Å². The predicted octanol–water partition coefficient (Wildman–Crippen LogP) is 5.73. The number of ether oxygens (including phenoxy) is 2. The van der Waals surface area contributed by atoms with Gasteiger partial charge in [0.2, 0.25) is 0 Å². The summed E-state index contributed by atoms with van der Waals surface area (Å²) in [4.78, 5) is 0. The van der Waals surface area contributed by atoms with Crippen LogP contribution in [0.3, 0.4) is 0 Å². The van der Waals surface area contributed by atoms with Crippen LogP contribution in [0.25, 0.3) is 0 Å². The van der Waals surface area contributed by atoms with Gasteiger partial charge in [0.05, 0.1) is 36.1 Å². The Labute approximate surface area is 231 Å². The summed E-state index contributed by atoms with van der Waals surface area (Å²) in [6, 6.07) is 0. The van der Waals surface area contributed by atoms with Crippen LogP contribution < -0.4 is 0 Å². The standard InChI is InChI=1S/C33H56O5/c1-18(2)38-29(6,7)26(35)20-16-19(3)24-25(37-20)27(36)31(9)22-11-10-21-28(4,5)23(34)12-13-32(21)17-33(22,32)15-14-30(24,31)8/h18-27,34-36H,10-17H2,1-9H3/t19-,20?,21+,22+,23?,24?,25?,26-,27+,30-,31-,32-,33?/m1/s1. The highest BCUT2D eigenvalue weighted by molar-refractivity contribution is 5.32. The third-order valence-corrected chi connectivity index (χ3v) is 14.4. The Balaban J connectivity index is 1.32. The van der Waals surface area contributed by atoms with Gasteiger partial charge < -0.3 is 24.8 Å². The van der Waals surface area contributed by atoms with Crippen LogP contribution in [0.2, 0.25) is 0 Å². The Bertz CT molecular complexity index is 961. The summed E-state index contributed by atoms with van der Waals surface area (Å²) >= 11 is 0. The zero-order valence-corrected chi connectivity index (χ0v) is 25.6. The van der Waals surface area contributed by atoms with Gasteiger partial charge in [-0.25, -0.2) is 0 Å².